The molecule has 2 aromatic carbocycles. The van der Waals surface area contributed by atoms with E-state index in [9.17, 15) is 4.79 Å². The molecule has 0 saturated heterocycles. The van der Waals surface area contributed by atoms with Crippen LogP contribution in [0.2, 0.25) is 0 Å². The van der Waals surface area contributed by atoms with Crippen molar-refractivity contribution in [2.45, 2.75) is 32.9 Å². The van der Waals surface area contributed by atoms with E-state index in [0.717, 1.165) is 16.8 Å². The number of carbonyl (C=O) groups excluding carboxylic acids is 1. The third-order valence-corrected chi connectivity index (χ3v) is 5.18. The van der Waals surface area contributed by atoms with Crippen LogP contribution in [0.15, 0.2) is 48.5 Å². The highest BCUT2D eigenvalue weighted by molar-refractivity contribution is 6.08. The van der Waals surface area contributed by atoms with Gasteiger partial charge in [0.2, 0.25) is 0 Å². The molecule has 0 aliphatic heterocycles. The molecular weight excluding hydrogens is 380 g/mol. The van der Waals surface area contributed by atoms with Crippen LogP contribution in [0.3, 0.4) is 0 Å². The van der Waals surface area contributed by atoms with E-state index in [4.69, 9.17) is 25.2 Å². The number of fused-ring (bicyclic) bond motifs is 2. The zero-order valence-electron chi connectivity index (χ0n) is 17.3. The number of rotatable bonds is 6. The summed E-state index contributed by atoms with van der Waals surface area (Å²) in [6.45, 7) is 4.25. The number of esters is 1. The first-order chi connectivity index (χ1) is 14.5. The summed E-state index contributed by atoms with van der Waals surface area (Å²) >= 11 is 0. The molecule has 0 aliphatic rings. The summed E-state index contributed by atoms with van der Waals surface area (Å²) in [5.41, 5.74) is 10.2. The predicted octanol–water partition coefficient (Wildman–Crippen LogP) is 4.18. The molecule has 1 atom stereocenters. The van der Waals surface area contributed by atoms with Crippen LogP contribution in [0.1, 0.15) is 36.2 Å². The number of aromatic nitrogens is 3. The maximum atomic E-state index is 12.9. The van der Waals surface area contributed by atoms with Crippen LogP contribution in [0.25, 0.3) is 22.2 Å². The monoisotopic (exact) mass is 404 g/mol. The Morgan fingerprint density at radius 2 is 1.77 bits per heavy atom. The maximum absolute atomic E-state index is 12.9. The Kier molecular flexibility index (Phi) is 5.27. The lowest BCUT2D eigenvalue weighted by Crippen LogP contribution is -2.16. The first-order valence-electron chi connectivity index (χ1n) is 9.90. The molecule has 0 radical (unpaired) electrons. The maximum Gasteiger partial charge on any atom is 0.344 e. The summed E-state index contributed by atoms with van der Waals surface area (Å²) < 4.78 is 12.6. The van der Waals surface area contributed by atoms with Crippen LogP contribution in [0.5, 0.6) is 5.75 Å². The second kappa shape index (κ2) is 8.02. The molecule has 4 rings (SSSR count). The lowest BCUT2D eigenvalue weighted by Gasteiger charge is -2.11. The largest absolute Gasteiger partial charge is 0.497 e. The molecular formula is C23H24N4O3. The number of hydrogen-bond donors (Lipinski definition) is 1. The number of nitrogens with two attached hydrogens (primary N) is 1. The van der Waals surface area contributed by atoms with E-state index in [2.05, 4.69) is 0 Å². The third kappa shape index (κ3) is 3.54. The van der Waals surface area contributed by atoms with Crippen molar-refractivity contribution >= 4 is 34.0 Å². The molecule has 0 spiro atoms. The molecule has 4 aromatic rings. The van der Waals surface area contributed by atoms with E-state index in [0.29, 0.717) is 35.5 Å². The minimum Gasteiger partial charge on any atom is -0.497 e. The van der Waals surface area contributed by atoms with Crippen molar-refractivity contribution in [2.24, 2.45) is 0 Å². The van der Waals surface area contributed by atoms with Gasteiger partial charge in [0.25, 0.3) is 0 Å². The van der Waals surface area contributed by atoms with Crippen LogP contribution in [-0.4, -0.2) is 33.7 Å². The number of para-hydroxylation sites is 2. The zero-order chi connectivity index (χ0) is 21.3. The predicted molar refractivity (Wildman–Crippen MR) is 117 cm³/mol. The Labute approximate surface area is 174 Å². The fourth-order valence-electron chi connectivity index (χ4n) is 3.32. The molecule has 7 nitrogen and oxygen atoms in total. The van der Waals surface area contributed by atoms with E-state index < -0.39 is 5.97 Å². The number of benzene rings is 2. The first kappa shape index (κ1) is 19.7. The quantitative estimate of drug-likeness (QED) is 0.485. The summed E-state index contributed by atoms with van der Waals surface area (Å²) in [6.07, 6.45) is 0.496. The van der Waals surface area contributed by atoms with Gasteiger partial charge in [0.05, 0.1) is 30.8 Å². The van der Waals surface area contributed by atoms with Gasteiger partial charge in [-0.05, 0) is 43.2 Å². The summed E-state index contributed by atoms with van der Waals surface area (Å²) in [5, 5.41) is 0. The van der Waals surface area contributed by atoms with E-state index in [1.807, 2.05) is 66.9 Å². The second-order valence-electron chi connectivity index (χ2n) is 7.20. The SMILES string of the molecule is CCC(C)OC(=O)c1c(N)n(Cc2ccc(OC)cc2)c2nc3ccccc3nc12. The number of nitrogen functional groups attached to an aromatic ring is 1. The highest BCUT2D eigenvalue weighted by Gasteiger charge is 2.26. The molecule has 30 heavy (non-hydrogen) atoms. The normalized spacial score (nSPS) is 12.2. The lowest BCUT2D eigenvalue weighted by atomic mass is 10.2. The second-order valence-corrected chi connectivity index (χ2v) is 7.20. The van der Waals surface area contributed by atoms with Gasteiger partial charge in [-0.2, -0.15) is 0 Å². The Hall–Kier alpha value is -3.61. The molecule has 0 bridgehead atoms. The summed E-state index contributed by atoms with van der Waals surface area (Å²) in [7, 11) is 1.63. The van der Waals surface area contributed by atoms with Gasteiger partial charge in [-0.1, -0.05) is 31.2 Å². The molecule has 1 unspecified atom stereocenters. The van der Waals surface area contributed by atoms with Crippen LogP contribution >= 0.6 is 0 Å². The van der Waals surface area contributed by atoms with Gasteiger partial charge in [0.1, 0.15) is 22.6 Å². The average Bonchev–Trinajstić information content (AvgIpc) is 3.03. The summed E-state index contributed by atoms with van der Waals surface area (Å²) in [4.78, 5) is 22.4. The van der Waals surface area contributed by atoms with Crippen LogP contribution in [0.4, 0.5) is 5.82 Å². The topological polar surface area (TPSA) is 92.3 Å². The standard InChI is InChI=1S/C23H24N4O3/c1-4-14(2)30-23(28)19-20-22(26-18-8-6-5-7-17(18)25-20)27(21(19)24)13-15-9-11-16(29-3)12-10-15/h5-12,14H,4,13,24H2,1-3H3. The number of anilines is 1. The molecule has 0 saturated carbocycles. The Balaban J connectivity index is 1.88. The highest BCUT2D eigenvalue weighted by Crippen LogP contribution is 2.30. The van der Waals surface area contributed by atoms with Gasteiger partial charge >= 0.3 is 5.97 Å². The fraction of sp³-hybridized carbons (Fsp3) is 0.261. The van der Waals surface area contributed by atoms with E-state index in [1.54, 1.807) is 7.11 Å². The van der Waals surface area contributed by atoms with E-state index in [1.165, 1.54) is 0 Å². The summed E-state index contributed by atoms with van der Waals surface area (Å²) in [6, 6.07) is 15.2. The Morgan fingerprint density at radius 1 is 1.10 bits per heavy atom. The van der Waals surface area contributed by atoms with Crippen LogP contribution in [0, 0.1) is 0 Å². The minimum absolute atomic E-state index is 0.217. The van der Waals surface area contributed by atoms with E-state index in [-0.39, 0.29) is 11.7 Å². The lowest BCUT2D eigenvalue weighted by molar-refractivity contribution is 0.0338. The molecule has 7 heteroatoms. The van der Waals surface area contributed by atoms with Crippen LogP contribution < -0.4 is 10.5 Å². The molecule has 2 aromatic heterocycles. The van der Waals surface area contributed by atoms with Crippen molar-refractivity contribution < 1.29 is 14.3 Å². The van der Waals surface area contributed by atoms with Crippen molar-refractivity contribution in [1.29, 1.82) is 0 Å². The number of carbonyl (C=O) groups is 1. The van der Waals surface area contributed by atoms with Crippen molar-refractivity contribution in [3.63, 3.8) is 0 Å². The van der Waals surface area contributed by atoms with Crippen molar-refractivity contribution in [1.82, 2.24) is 14.5 Å². The number of ether oxygens (including phenoxy) is 2. The fourth-order valence-corrected chi connectivity index (χ4v) is 3.32. The molecule has 0 amide bonds. The molecule has 0 aliphatic carbocycles. The van der Waals surface area contributed by atoms with Gasteiger partial charge in [-0.15, -0.1) is 0 Å². The number of hydrogen-bond acceptors (Lipinski definition) is 6. The van der Waals surface area contributed by atoms with Gasteiger partial charge in [0.15, 0.2) is 5.65 Å². The van der Waals surface area contributed by atoms with Crippen molar-refractivity contribution in [2.75, 3.05) is 12.8 Å². The molecule has 2 N–H and O–H groups in total. The van der Waals surface area contributed by atoms with Crippen molar-refractivity contribution in [3.05, 3.63) is 59.7 Å². The van der Waals surface area contributed by atoms with Gasteiger partial charge < -0.3 is 19.8 Å². The third-order valence-electron chi connectivity index (χ3n) is 5.18. The van der Waals surface area contributed by atoms with Gasteiger partial charge in [0, 0.05) is 0 Å². The Bertz CT molecular complexity index is 1210. The highest BCUT2D eigenvalue weighted by atomic mass is 16.5. The smallest absolute Gasteiger partial charge is 0.344 e. The summed E-state index contributed by atoms with van der Waals surface area (Å²) in [5.74, 6) is 0.585. The minimum atomic E-state index is -0.482. The molecule has 2 heterocycles. The average molecular weight is 404 g/mol. The first-order valence-corrected chi connectivity index (χ1v) is 9.90. The molecule has 154 valence electrons. The van der Waals surface area contributed by atoms with Crippen LogP contribution in [-0.2, 0) is 11.3 Å². The zero-order valence-corrected chi connectivity index (χ0v) is 17.3. The number of nitrogens with zero attached hydrogens (tertiary/aromatic N) is 3. The Morgan fingerprint density at radius 3 is 2.40 bits per heavy atom. The van der Waals surface area contributed by atoms with Gasteiger partial charge in [-0.3, -0.25) is 0 Å². The van der Waals surface area contributed by atoms with E-state index >= 15 is 0 Å². The number of methoxy groups -OCH3 is 1. The van der Waals surface area contributed by atoms with Gasteiger partial charge in [-0.25, -0.2) is 14.8 Å². The van der Waals surface area contributed by atoms with Crippen molar-refractivity contribution in [3.8, 4) is 5.75 Å². The molecule has 0 fully saturated rings.